The third-order valence-electron chi connectivity index (χ3n) is 2.14. The van der Waals surface area contributed by atoms with Gasteiger partial charge in [-0.1, -0.05) is 11.6 Å². The summed E-state index contributed by atoms with van der Waals surface area (Å²) >= 11 is 7.72. The van der Waals surface area contributed by atoms with E-state index in [0.717, 1.165) is 23.8 Å². The van der Waals surface area contributed by atoms with Crippen LogP contribution in [-0.4, -0.2) is 18.5 Å². The van der Waals surface area contributed by atoms with Crippen LogP contribution in [0.25, 0.3) is 0 Å². The second kappa shape index (κ2) is 4.53. The molecule has 76 valence electrons. The molecule has 2 rings (SSSR count). The fourth-order valence-corrected chi connectivity index (χ4v) is 2.61. The van der Waals surface area contributed by atoms with Crippen LogP contribution in [0.4, 0.5) is 0 Å². The Morgan fingerprint density at radius 2 is 2.29 bits per heavy atom. The molecule has 0 amide bonds. The largest absolute Gasteiger partial charge is 0.379 e. The van der Waals surface area contributed by atoms with Gasteiger partial charge in [0.1, 0.15) is 0 Å². The predicted octanol–water partition coefficient (Wildman–Crippen LogP) is 2.29. The lowest BCUT2D eigenvalue weighted by molar-refractivity contribution is 0.0455. The molecule has 0 atom stereocenters. The first-order valence-electron chi connectivity index (χ1n) is 4.52. The summed E-state index contributed by atoms with van der Waals surface area (Å²) in [4.78, 5) is 1.23. The normalized spacial score (nSPS) is 16.7. The van der Waals surface area contributed by atoms with Gasteiger partial charge in [-0.25, -0.2) is 0 Å². The van der Waals surface area contributed by atoms with Crippen molar-refractivity contribution in [2.75, 3.05) is 13.2 Å². The van der Waals surface area contributed by atoms with Crippen LogP contribution in [0.5, 0.6) is 0 Å². The maximum Gasteiger partial charge on any atom is 0.0611 e. The van der Waals surface area contributed by atoms with Gasteiger partial charge in [0.2, 0.25) is 0 Å². The molecule has 0 bridgehead atoms. The highest BCUT2D eigenvalue weighted by Gasteiger charge is 2.20. The van der Waals surface area contributed by atoms with Crippen molar-refractivity contribution in [3.8, 4) is 0 Å². The monoisotopic (exact) mass is 229 g/mol. The Labute approximate surface area is 92.8 Å². The summed E-state index contributed by atoms with van der Waals surface area (Å²) in [5.74, 6) is 0. The molecule has 1 aliphatic heterocycles. The molecule has 2 N–H and O–H groups in total. The topological polar surface area (TPSA) is 35.2 Å². The van der Waals surface area contributed by atoms with Gasteiger partial charge in [-0.15, -0.1) is 11.8 Å². The van der Waals surface area contributed by atoms with Crippen molar-refractivity contribution in [3.05, 3.63) is 28.8 Å². The highest BCUT2D eigenvalue weighted by Crippen LogP contribution is 2.31. The Kier molecular flexibility index (Phi) is 3.34. The minimum atomic E-state index is 0.538. The van der Waals surface area contributed by atoms with E-state index in [1.165, 1.54) is 4.90 Å². The first-order valence-corrected chi connectivity index (χ1v) is 5.78. The van der Waals surface area contributed by atoms with E-state index in [4.69, 9.17) is 22.1 Å². The highest BCUT2D eigenvalue weighted by atomic mass is 35.5. The van der Waals surface area contributed by atoms with Crippen molar-refractivity contribution < 1.29 is 4.74 Å². The smallest absolute Gasteiger partial charge is 0.0611 e. The molecular weight excluding hydrogens is 218 g/mol. The zero-order valence-electron chi connectivity index (χ0n) is 7.70. The van der Waals surface area contributed by atoms with Gasteiger partial charge in [0, 0.05) is 16.5 Å². The predicted molar refractivity (Wildman–Crippen MR) is 59.8 cm³/mol. The van der Waals surface area contributed by atoms with E-state index in [2.05, 4.69) is 0 Å². The van der Waals surface area contributed by atoms with Crippen LogP contribution >= 0.6 is 23.4 Å². The van der Waals surface area contributed by atoms with E-state index in [0.29, 0.717) is 11.8 Å². The summed E-state index contributed by atoms with van der Waals surface area (Å²) in [6.45, 7) is 2.23. The van der Waals surface area contributed by atoms with Crippen molar-refractivity contribution in [1.29, 1.82) is 0 Å². The summed E-state index contributed by atoms with van der Waals surface area (Å²) in [5, 5.41) is 1.33. The molecule has 1 aromatic carbocycles. The van der Waals surface area contributed by atoms with E-state index in [1.807, 2.05) is 30.0 Å². The molecule has 0 aromatic heterocycles. The van der Waals surface area contributed by atoms with Crippen LogP contribution in [0.1, 0.15) is 5.56 Å². The van der Waals surface area contributed by atoms with E-state index in [1.54, 1.807) is 0 Å². The molecule has 4 heteroatoms. The third kappa shape index (κ3) is 2.23. The fourth-order valence-electron chi connectivity index (χ4n) is 1.28. The summed E-state index contributed by atoms with van der Waals surface area (Å²) < 4.78 is 5.13. The molecular formula is C10H12ClNOS. The van der Waals surface area contributed by atoms with Gasteiger partial charge in [0.05, 0.1) is 18.5 Å². The third-order valence-corrected chi connectivity index (χ3v) is 3.64. The lowest BCUT2D eigenvalue weighted by Crippen LogP contribution is -2.30. The van der Waals surface area contributed by atoms with Gasteiger partial charge >= 0.3 is 0 Å². The number of benzene rings is 1. The maximum atomic E-state index is 5.89. The van der Waals surface area contributed by atoms with Crippen molar-refractivity contribution in [1.82, 2.24) is 0 Å². The van der Waals surface area contributed by atoms with Crippen LogP contribution in [-0.2, 0) is 11.3 Å². The quantitative estimate of drug-likeness (QED) is 0.864. The van der Waals surface area contributed by atoms with Gasteiger partial charge < -0.3 is 10.5 Å². The minimum absolute atomic E-state index is 0.538. The van der Waals surface area contributed by atoms with Crippen molar-refractivity contribution in [2.45, 2.75) is 16.7 Å². The molecule has 0 radical (unpaired) electrons. The van der Waals surface area contributed by atoms with Crippen molar-refractivity contribution in [2.24, 2.45) is 5.73 Å². The number of hydrogen-bond acceptors (Lipinski definition) is 3. The van der Waals surface area contributed by atoms with E-state index < -0.39 is 0 Å². The number of hydrogen-bond donors (Lipinski definition) is 1. The number of thioether (sulfide) groups is 1. The van der Waals surface area contributed by atoms with Crippen LogP contribution < -0.4 is 5.73 Å². The maximum absolute atomic E-state index is 5.89. The molecule has 1 heterocycles. The number of ether oxygens (including phenoxy) is 1. The number of halogens is 1. The minimum Gasteiger partial charge on any atom is -0.379 e. The lowest BCUT2D eigenvalue weighted by Gasteiger charge is -2.26. The van der Waals surface area contributed by atoms with E-state index in [9.17, 15) is 0 Å². The average Bonchev–Trinajstić information content (AvgIpc) is 2.13. The molecule has 0 unspecified atom stereocenters. The fraction of sp³-hybridized carbons (Fsp3) is 0.400. The van der Waals surface area contributed by atoms with Crippen molar-refractivity contribution in [3.63, 3.8) is 0 Å². The van der Waals surface area contributed by atoms with Crippen LogP contribution in [0.2, 0.25) is 5.02 Å². The highest BCUT2D eigenvalue weighted by molar-refractivity contribution is 8.00. The molecule has 0 aliphatic carbocycles. The van der Waals surface area contributed by atoms with Gasteiger partial charge in [-0.2, -0.15) is 0 Å². The van der Waals surface area contributed by atoms with E-state index in [-0.39, 0.29) is 0 Å². The molecule has 1 aromatic rings. The SMILES string of the molecule is NCc1cc(Cl)ccc1SC1COC1. The summed E-state index contributed by atoms with van der Waals surface area (Å²) in [7, 11) is 0. The van der Waals surface area contributed by atoms with Gasteiger partial charge in [0.25, 0.3) is 0 Å². The second-order valence-corrected chi connectivity index (χ2v) is 5.01. The van der Waals surface area contributed by atoms with Gasteiger partial charge in [-0.05, 0) is 23.8 Å². The Morgan fingerprint density at radius 1 is 1.50 bits per heavy atom. The molecule has 0 spiro atoms. The Morgan fingerprint density at radius 3 is 2.86 bits per heavy atom. The molecule has 2 nitrogen and oxygen atoms in total. The zero-order chi connectivity index (χ0) is 9.97. The molecule has 0 saturated carbocycles. The molecule has 14 heavy (non-hydrogen) atoms. The zero-order valence-corrected chi connectivity index (χ0v) is 9.27. The first-order chi connectivity index (χ1) is 6.79. The van der Waals surface area contributed by atoms with Gasteiger partial charge in [-0.3, -0.25) is 0 Å². The van der Waals surface area contributed by atoms with Gasteiger partial charge in [0.15, 0.2) is 0 Å². The number of rotatable bonds is 3. The van der Waals surface area contributed by atoms with Crippen molar-refractivity contribution >= 4 is 23.4 Å². The molecule has 1 aliphatic rings. The summed E-state index contributed by atoms with van der Waals surface area (Å²) in [6, 6.07) is 5.87. The second-order valence-electron chi connectivity index (χ2n) is 3.23. The summed E-state index contributed by atoms with van der Waals surface area (Å²) in [5.41, 5.74) is 6.77. The Balaban J connectivity index is 2.14. The Hall–Kier alpha value is -0.220. The molecule has 1 fully saturated rings. The average molecular weight is 230 g/mol. The van der Waals surface area contributed by atoms with Crippen LogP contribution in [0.15, 0.2) is 23.1 Å². The molecule has 1 saturated heterocycles. The van der Waals surface area contributed by atoms with Crippen LogP contribution in [0.3, 0.4) is 0 Å². The Bertz CT molecular complexity index is 328. The standard InChI is InChI=1S/C10H12ClNOS/c11-8-1-2-10(7(3-8)4-12)14-9-5-13-6-9/h1-3,9H,4-6,12H2. The lowest BCUT2D eigenvalue weighted by atomic mass is 10.2. The van der Waals surface area contributed by atoms with Crippen LogP contribution in [0, 0.1) is 0 Å². The first kappa shape index (κ1) is 10.3. The number of nitrogens with two attached hydrogens (primary N) is 1. The summed E-state index contributed by atoms with van der Waals surface area (Å²) in [6.07, 6.45) is 0. The van der Waals surface area contributed by atoms with E-state index >= 15 is 0 Å².